The highest BCUT2D eigenvalue weighted by Gasteiger charge is 2.17. The summed E-state index contributed by atoms with van der Waals surface area (Å²) in [6.07, 6.45) is 3.42. The van der Waals surface area contributed by atoms with E-state index in [-0.39, 0.29) is 11.9 Å². The van der Waals surface area contributed by atoms with Crippen molar-refractivity contribution in [1.29, 1.82) is 0 Å². The summed E-state index contributed by atoms with van der Waals surface area (Å²) in [5, 5.41) is 4.10. The molecule has 0 aliphatic heterocycles. The zero-order chi connectivity index (χ0) is 17.1. The van der Waals surface area contributed by atoms with Crippen molar-refractivity contribution in [3.8, 4) is 11.4 Å². The normalized spacial score (nSPS) is 12.0. The van der Waals surface area contributed by atoms with Crippen LogP contribution in [0.1, 0.15) is 6.92 Å². The number of aromatic nitrogens is 3. The first-order valence-corrected chi connectivity index (χ1v) is 7.71. The molecule has 0 saturated heterocycles. The minimum atomic E-state index is -0.386. The van der Waals surface area contributed by atoms with E-state index >= 15 is 0 Å². The van der Waals surface area contributed by atoms with Crippen LogP contribution in [-0.2, 0) is 4.79 Å². The zero-order valence-corrected chi connectivity index (χ0v) is 13.9. The maximum Gasteiger partial charge on any atom is 0.244 e. The van der Waals surface area contributed by atoms with E-state index < -0.39 is 0 Å². The second-order valence-corrected chi connectivity index (χ2v) is 5.75. The average molecular weight is 321 g/mol. The Morgan fingerprint density at radius 1 is 1.08 bits per heavy atom. The summed E-state index contributed by atoms with van der Waals surface area (Å²) in [5.41, 5.74) is 1.71. The molecule has 0 aliphatic rings. The summed E-state index contributed by atoms with van der Waals surface area (Å²) in [6.45, 7) is 1.82. The van der Waals surface area contributed by atoms with E-state index in [0.717, 1.165) is 16.5 Å². The molecule has 1 aromatic carbocycles. The molecule has 1 N–H and O–H groups in total. The van der Waals surface area contributed by atoms with Gasteiger partial charge in [-0.25, -0.2) is 9.97 Å². The van der Waals surface area contributed by atoms with Crippen molar-refractivity contribution in [1.82, 2.24) is 19.9 Å². The molecule has 24 heavy (non-hydrogen) atoms. The molecule has 122 valence electrons. The van der Waals surface area contributed by atoms with Crippen LogP contribution >= 0.6 is 0 Å². The lowest BCUT2D eigenvalue weighted by atomic mass is 10.2. The number of amides is 1. The minimum Gasteiger partial charge on any atom is -0.358 e. The highest BCUT2D eigenvalue weighted by Crippen LogP contribution is 2.25. The molecular weight excluding hydrogens is 302 g/mol. The van der Waals surface area contributed by atoms with Gasteiger partial charge in [0.25, 0.3) is 0 Å². The number of nitrogens with zero attached hydrogens (tertiary/aromatic N) is 4. The lowest BCUT2D eigenvalue weighted by molar-refractivity contribution is -0.129. The first-order chi connectivity index (χ1) is 11.6. The van der Waals surface area contributed by atoms with Crippen LogP contribution in [0, 0.1) is 0 Å². The van der Waals surface area contributed by atoms with Gasteiger partial charge in [0.15, 0.2) is 5.82 Å². The Balaban J connectivity index is 2.07. The number of carbonyl (C=O) groups excluding carboxylic acids is 1. The van der Waals surface area contributed by atoms with E-state index in [1.165, 1.54) is 0 Å². The molecule has 0 bridgehead atoms. The summed E-state index contributed by atoms with van der Waals surface area (Å²) in [5.74, 6) is 1.24. The van der Waals surface area contributed by atoms with E-state index in [0.29, 0.717) is 11.6 Å². The van der Waals surface area contributed by atoms with E-state index in [9.17, 15) is 4.79 Å². The zero-order valence-electron chi connectivity index (χ0n) is 13.9. The number of para-hydroxylation sites is 1. The van der Waals surface area contributed by atoms with Crippen LogP contribution in [0.2, 0.25) is 0 Å². The van der Waals surface area contributed by atoms with Crippen molar-refractivity contribution >= 4 is 22.6 Å². The van der Waals surface area contributed by atoms with E-state index in [2.05, 4.69) is 20.3 Å². The number of nitrogens with one attached hydrogen (secondary N) is 1. The van der Waals surface area contributed by atoms with Crippen molar-refractivity contribution in [2.45, 2.75) is 13.0 Å². The number of anilines is 1. The summed E-state index contributed by atoms with van der Waals surface area (Å²) in [6, 6.07) is 11.1. The van der Waals surface area contributed by atoms with Crippen molar-refractivity contribution in [2.75, 3.05) is 19.4 Å². The molecule has 3 aromatic rings. The second-order valence-electron chi connectivity index (χ2n) is 5.75. The summed E-state index contributed by atoms with van der Waals surface area (Å²) >= 11 is 0. The van der Waals surface area contributed by atoms with Gasteiger partial charge < -0.3 is 10.2 Å². The Morgan fingerprint density at radius 2 is 1.79 bits per heavy atom. The van der Waals surface area contributed by atoms with Crippen molar-refractivity contribution in [3.05, 3.63) is 48.8 Å². The predicted molar refractivity (Wildman–Crippen MR) is 94.5 cm³/mol. The maximum atomic E-state index is 12.1. The highest BCUT2D eigenvalue weighted by molar-refractivity contribution is 5.93. The lowest BCUT2D eigenvalue weighted by Crippen LogP contribution is -2.36. The fourth-order valence-electron chi connectivity index (χ4n) is 2.47. The van der Waals surface area contributed by atoms with Crippen molar-refractivity contribution in [2.24, 2.45) is 0 Å². The summed E-state index contributed by atoms with van der Waals surface area (Å²) in [7, 11) is 3.47. The molecule has 2 heterocycles. The third kappa shape index (κ3) is 3.17. The molecule has 0 spiro atoms. The maximum absolute atomic E-state index is 12.1. The number of carbonyl (C=O) groups is 1. The Bertz CT molecular complexity index is 864. The lowest BCUT2D eigenvalue weighted by Gasteiger charge is -2.19. The van der Waals surface area contributed by atoms with Gasteiger partial charge in [-0.3, -0.25) is 9.78 Å². The van der Waals surface area contributed by atoms with Gasteiger partial charge in [0.2, 0.25) is 5.91 Å². The molecule has 0 fully saturated rings. The number of fused-ring (bicyclic) bond motifs is 1. The molecular formula is C18H19N5O. The van der Waals surface area contributed by atoms with Crippen LogP contribution in [0.3, 0.4) is 0 Å². The largest absolute Gasteiger partial charge is 0.358 e. The van der Waals surface area contributed by atoms with Gasteiger partial charge in [-0.2, -0.15) is 0 Å². The molecule has 6 heteroatoms. The van der Waals surface area contributed by atoms with E-state index in [1.54, 1.807) is 31.4 Å². The van der Waals surface area contributed by atoms with E-state index in [1.807, 2.05) is 43.3 Å². The van der Waals surface area contributed by atoms with Crippen LogP contribution in [0.15, 0.2) is 48.8 Å². The molecule has 1 amide bonds. The summed E-state index contributed by atoms with van der Waals surface area (Å²) < 4.78 is 0. The highest BCUT2D eigenvalue weighted by atomic mass is 16.2. The van der Waals surface area contributed by atoms with Crippen LogP contribution in [0.5, 0.6) is 0 Å². The molecule has 1 atom stereocenters. The Kier molecular flexibility index (Phi) is 4.37. The molecule has 0 aliphatic carbocycles. The molecule has 6 nitrogen and oxygen atoms in total. The quantitative estimate of drug-likeness (QED) is 0.800. The standard InChI is InChI=1S/C18H19N5O/c1-12(18(24)23(2)3)20-17-14-6-4-5-7-15(14)21-16(22-17)13-8-10-19-11-9-13/h4-12H,1-3H3,(H,20,21,22)/t12-/m1/s1. The van der Waals surface area contributed by atoms with Crippen molar-refractivity contribution in [3.63, 3.8) is 0 Å². The van der Waals surface area contributed by atoms with E-state index in [4.69, 9.17) is 0 Å². The van der Waals surface area contributed by atoms with Gasteiger partial charge in [-0.1, -0.05) is 12.1 Å². The topological polar surface area (TPSA) is 71.0 Å². The van der Waals surface area contributed by atoms with Crippen LogP contribution in [0.25, 0.3) is 22.3 Å². The Morgan fingerprint density at radius 3 is 2.50 bits per heavy atom. The fraction of sp³-hybridized carbons (Fsp3) is 0.222. The third-order valence-corrected chi connectivity index (χ3v) is 3.71. The van der Waals surface area contributed by atoms with Gasteiger partial charge in [-0.05, 0) is 31.2 Å². The van der Waals surface area contributed by atoms with Gasteiger partial charge in [0.1, 0.15) is 11.9 Å². The second kappa shape index (κ2) is 6.62. The van der Waals surface area contributed by atoms with Crippen LogP contribution in [0.4, 0.5) is 5.82 Å². The number of benzene rings is 1. The number of hydrogen-bond donors (Lipinski definition) is 1. The first-order valence-electron chi connectivity index (χ1n) is 7.71. The Hall–Kier alpha value is -3.02. The monoisotopic (exact) mass is 321 g/mol. The number of hydrogen-bond acceptors (Lipinski definition) is 5. The smallest absolute Gasteiger partial charge is 0.244 e. The number of rotatable bonds is 4. The summed E-state index contributed by atoms with van der Waals surface area (Å²) in [4.78, 5) is 27.0. The Labute approximate surface area is 140 Å². The first kappa shape index (κ1) is 15.9. The van der Waals surface area contributed by atoms with Gasteiger partial charge in [0, 0.05) is 37.4 Å². The van der Waals surface area contributed by atoms with Crippen LogP contribution < -0.4 is 5.32 Å². The minimum absolute atomic E-state index is 0.0110. The molecule has 2 aromatic heterocycles. The van der Waals surface area contributed by atoms with Gasteiger partial charge in [-0.15, -0.1) is 0 Å². The predicted octanol–water partition coefficient (Wildman–Crippen LogP) is 2.58. The third-order valence-electron chi connectivity index (χ3n) is 3.71. The number of pyridine rings is 1. The molecule has 3 rings (SSSR count). The molecule has 0 saturated carbocycles. The van der Waals surface area contributed by atoms with Crippen LogP contribution in [-0.4, -0.2) is 45.9 Å². The molecule has 0 radical (unpaired) electrons. The fourth-order valence-corrected chi connectivity index (χ4v) is 2.47. The average Bonchev–Trinajstić information content (AvgIpc) is 2.61. The van der Waals surface area contributed by atoms with Gasteiger partial charge in [0.05, 0.1) is 5.52 Å². The van der Waals surface area contributed by atoms with Gasteiger partial charge >= 0.3 is 0 Å². The SMILES string of the molecule is C[C@@H](Nc1nc(-c2ccncc2)nc2ccccc12)C(=O)N(C)C. The van der Waals surface area contributed by atoms with Crippen molar-refractivity contribution < 1.29 is 4.79 Å². The number of likely N-dealkylation sites (N-methyl/N-ethyl adjacent to an activating group) is 1. The molecule has 0 unspecified atom stereocenters.